The van der Waals surface area contributed by atoms with Gasteiger partial charge in [0.05, 0.1) is 14.3 Å². The molecule has 0 radical (unpaired) electrons. The van der Waals surface area contributed by atoms with E-state index in [1.165, 1.54) is 0 Å². The van der Waals surface area contributed by atoms with Crippen molar-refractivity contribution in [3.63, 3.8) is 0 Å². The van der Waals surface area contributed by atoms with E-state index in [2.05, 4.69) is 54.7 Å². The lowest BCUT2D eigenvalue weighted by atomic mass is 9.91. The van der Waals surface area contributed by atoms with E-state index in [1.807, 2.05) is 12.1 Å². The summed E-state index contributed by atoms with van der Waals surface area (Å²) in [6, 6.07) is 3.91. The van der Waals surface area contributed by atoms with Crippen molar-refractivity contribution in [2.24, 2.45) is 0 Å². The third-order valence-electron chi connectivity index (χ3n) is 2.93. The maximum absolute atomic E-state index is 6.18. The van der Waals surface area contributed by atoms with Crippen LogP contribution >= 0.6 is 59.4 Å². The van der Waals surface area contributed by atoms with Gasteiger partial charge in [0, 0.05) is 17.5 Å². The van der Waals surface area contributed by atoms with Gasteiger partial charge >= 0.3 is 0 Å². The van der Waals surface area contributed by atoms with Crippen molar-refractivity contribution < 1.29 is 9.47 Å². The number of ether oxygens (including phenoxy) is 2. The second-order valence-corrected chi connectivity index (χ2v) is 7.63. The average molecular weight is 477 g/mol. The average Bonchev–Trinajstić information content (AvgIpc) is 2.32. The van der Waals surface area contributed by atoms with E-state index in [9.17, 15) is 0 Å². The minimum Gasteiger partial charge on any atom is -0.485 e. The Balaban J connectivity index is 2.05. The Kier molecular flexibility index (Phi) is 6.03. The lowest BCUT2D eigenvalue weighted by molar-refractivity contribution is -0.0802. The van der Waals surface area contributed by atoms with Crippen LogP contribution in [0, 0.1) is 0 Å². The quantitative estimate of drug-likeness (QED) is 0.520. The largest absolute Gasteiger partial charge is 0.485 e. The zero-order valence-corrected chi connectivity index (χ0v) is 15.9. The SMILES string of the molecule is CCCOC1C(Cl)CC1Oc1c(Br)cc(Br)cc1Br. The van der Waals surface area contributed by atoms with Crippen LogP contribution in [-0.4, -0.2) is 24.2 Å². The van der Waals surface area contributed by atoms with E-state index in [4.69, 9.17) is 21.1 Å². The van der Waals surface area contributed by atoms with Gasteiger partial charge < -0.3 is 9.47 Å². The van der Waals surface area contributed by atoms with Crippen LogP contribution in [0.3, 0.4) is 0 Å². The fourth-order valence-corrected chi connectivity index (χ4v) is 4.76. The molecule has 1 aromatic carbocycles. The Labute approximate surface area is 143 Å². The molecule has 1 fully saturated rings. The van der Waals surface area contributed by atoms with Crippen molar-refractivity contribution in [3.8, 4) is 5.75 Å². The molecular weight excluding hydrogens is 463 g/mol. The molecule has 0 N–H and O–H groups in total. The van der Waals surface area contributed by atoms with Crippen LogP contribution in [0.4, 0.5) is 0 Å². The van der Waals surface area contributed by atoms with Crippen molar-refractivity contribution in [2.45, 2.75) is 37.4 Å². The Hall–Kier alpha value is 0.710. The summed E-state index contributed by atoms with van der Waals surface area (Å²) in [5.74, 6) is 0.793. The third-order valence-corrected chi connectivity index (χ3v) is 4.99. The summed E-state index contributed by atoms with van der Waals surface area (Å²) in [4.78, 5) is 0. The molecular formula is C13H14Br3ClO2. The normalized spacial score (nSPS) is 26.1. The standard InChI is InChI=1S/C13H14Br3ClO2/c1-2-3-18-13-10(17)6-11(13)19-12-8(15)4-7(14)5-9(12)16/h4-5,10-11,13H,2-3,6H2,1H3. The molecule has 19 heavy (non-hydrogen) atoms. The van der Waals surface area contributed by atoms with Crippen molar-refractivity contribution >= 4 is 59.4 Å². The van der Waals surface area contributed by atoms with Crippen LogP contribution in [-0.2, 0) is 4.74 Å². The lowest BCUT2D eigenvalue weighted by Crippen LogP contribution is -2.52. The van der Waals surface area contributed by atoms with E-state index < -0.39 is 0 Å². The molecule has 0 aromatic heterocycles. The zero-order chi connectivity index (χ0) is 14.0. The number of hydrogen-bond acceptors (Lipinski definition) is 2. The minimum atomic E-state index is -0.0240. The van der Waals surface area contributed by atoms with Gasteiger partial charge in [-0.15, -0.1) is 11.6 Å². The van der Waals surface area contributed by atoms with Crippen molar-refractivity contribution in [3.05, 3.63) is 25.6 Å². The molecule has 0 amide bonds. The molecule has 0 bridgehead atoms. The monoisotopic (exact) mass is 474 g/mol. The predicted molar refractivity (Wildman–Crippen MR) is 88.2 cm³/mol. The summed E-state index contributed by atoms with van der Waals surface area (Å²) >= 11 is 16.6. The fourth-order valence-electron chi connectivity index (χ4n) is 1.90. The van der Waals surface area contributed by atoms with Crippen LogP contribution < -0.4 is 4.74 Å². The first-order valence-corrected chi connectivity index (χ1v) is 8.91. The molecule has 1 aromatic rings. The topological polar surface area (TPSA) is 18.5 Å². The number of halogens is 4. The van der Waals surface area contributed by atoms with E-state index in [0.29, 0.717) is 0 Å². The molecule has 106 valence electrons. The third kappa shape index (κ3) is 3.88. The first-order chi connectivity index (χ1) is 9.02. The van der Waals surface area contributed by atoms with Gasteiger partial charge in [-0.05, 0) is 50.4 Å². The Morgan fingerprint density at radius 3 is 2.42 bits per heavy atom. The maximum atomic E-state index is 6.18. The molecule has 1 aliphatic rings. The van der Waals surface area contributed by atoms with Gasteiger partial charge in [0.2, 0.25) is 0 Å². The van der Waals surface area contributed by atoms with Gasteiger partial charge in [-0.2, -0.15) is 0 Å². The number of benzene rings is 1. The summed E-state index contributed by atoms with van der Waals surface area (Å²) in [6.45, 7) is 2.80. The highest BCUT2D eigenvalue weighted by molar-refractivity contribution is 9.11. The molecule has 2 rings (SSSR count). The minimum absolute atomic E-state index is 0.0165. The highest BCUT2D eigenvalue weighted by Crippen LogP contribution is 2.40. The van der Waals surface area contributed by atoms with Gasteiger partial charge in [0.15, 0.2) is 0 Å². The first kappa shape index (κ1) is 16.1. The Morgan fingerprint density at radius 2 is 1.89 bits per heavy atom. The van der Waals surface area contributed by atoms with Crippen LogP contribution in [0.5, 0.6) is 5.75 Å². The fraction of sp³-hybridized carbons (Fsp3) is 0.538. The molecule has 0 saturated heterocycles. The molecule has 0 spiro atoms. The van der Waals surface area contributed by atoms with E-state index in [0.717, 1.165) is 38.6 Å². The summed E-state index contributed by atoms with van der Waals surface area (Å²) in [7, 11) is 0. The number of rotatable bonds is 5. The van der Waals surface area contributed by atoms with Gasteiger partial charge in [-0.3, -0.25) is 0 Å². The molecule has 3 unspecified atom stereocenters. The molecule has 2 nitrogen and oxygen atoms in total. The number of hydrogen-bond donors (Lipinski definition) is 0. The van der Waals surface area contributed by atoms with Crippen LogP contribution in [0.2, 0.25) is 0 Å². The Morgan fingerprint density at radius 1 is 1.26 bits per heavy atom. The molecule has 1 aliphatic carbocycles. The van der Waals surface area contributed by atoms with Crippen molar-refractivity contribution in [1.82, 2.24) is 0 Å². The van der Waals surface area contributed by atoms with Gasteiger partial charge in [0.1, 0.15) is 18.0 Å². The molecule has 0 heterocycles. The lowest BCUT2D eigenvalue weighted by Gasteiger charge is -2.40. The van der Waals surface area contributed by atoms with Crippen LogP contribution in [0.1, 0.15) is 19.8 Å². The number of alkyl halides is 1. The second kappa shape index (κ2) is 7.12. The highest BCUT2D eigenvalue weighted by atomic mass is 79.9. The van der Waals surface area contributed by atoms with Crippen LogP contribution in [0.15, 0.2) is 25.6 Å². The molecule has 3 atom stereocenters. The van der Waals surface area contributed by atoms with Gasteiger partial charge in [0.25, 0.3) is 0 Å². The molecule has 0 aliphatic heterocycles. The van der Waals surface area contributed by atoms with Gasteiger partial charge in [-0.1, -0.05) is 22.9 Å². The van der Waals surface area contributed by atoms with Crippen molar-refractivity contribution in [1.29, 1.82) is 0 Å². The van der Waals surface area contributed by atoms with Crippen LogP contribution in [0.25, 0.3) is 0 Å². The second-order valence-electron chi connectivity index (χ2n) is 4.44. The summed E-state index contributed by atoms with van der Waals surface area (Å²) in [5, 5.41) is 0.0459. The Bertz CT molecular complexity index is 433. The summed E-state index contributed by atoms with van der Waals surface area (Å²) in [6.07, 6.45) is 1.79. The predicted octanol–water partition coefficient (Wildman–Crippen LogP) is 5.53. The van der Waals surface area contributed by atoms with Crippen molar-refractivity contribution in [2.75, 3.05) is 6.61 Å². The first-order valence-electron chi connectivity index (χ1n) is 6.09. The summed E-state index contributed by atoms with van der Waals surface area (Å²) in [5.41, 5.74) is 0. The van der Waals surface area contributed by atoms with E-state index in [-0.39, 0.29) is 17.6 Å². The van der Waals surface area contributed by atoms with E-state index >= 15 is 0 Å². The zero-order valence-electron chi connectivity index (χ0n) is 10.3. The molecule has 6 heteroatoms. The smallest absolute Gasteiger partial charge is 0.148 e. The van der Waals surface area contributed by atoms with Gasteiger partial charge in [-0.25, -0.2) is 0 Å². The summed E-state index contributed by atoms with van der Waals surface area (Å²) < 4.78 is 14.5. The molecule has 1 saturated carbocycles. The maximum Gasteiger partial charge on any atom is 0.148 e. The highest BCUT2D eigenvalue weighted by Gasteiger charge is 2.43. The van der Waals surface area contributed by atoms with E-state index in [1.54, 1.807) is 0 Å².